The van der Waals surface area contributed by atoms with Crippen LogP contribution in [0.25, 0.3) is 0 Å². The Balaban J connectivity index is 1.49. The number of carbonyl (C=O) groups excluding carboxylic acids is 2. The molecule has 162 valence electrons. The number of aryl methyl sites for hydroxylation is 1. The zero-order valence-electron chi connectivity index (χ0n) is 16.2. The van der Waals surface area contributed by atoms with Crippen LogP contribution in [0.15, 0.2) is 45.7 Å². The van der Waals surface area contributed by atoms with Crippen LogP contribution in [0.4, 0.5) is 14.5 Å². The van der Waals surface area contributed by atoms with Crippen molar-refractivity contribution in [3.05, 3.63) is 47.9 Å². The molecule has 1 fully saturated rings. The summed E-state index contributed by atoms with van der Waals surface area (Å²) in [7, 11) is -4.67. The molecule has 30 heavy (non-hydrogen) atoms. The van der Waals surface area contributed by atoms with Crippen LogP contribution in [0.2, 0.25) is 0 Å². The molecular formula is C19H21F2N3O5S. The van der Waals surface area contributed by atoms with E-state index in [-0.39, 0.29) is 24.1 Å². The number of piperazine rings is 1. The maximum atomic E-state index is 12.6. The fourth-order valence-electron chi connectivity index (χ4n) is 3.05. The molecule has 1 aromatic heterocycles. The molecule has 0 unspecified atom stereocenters. The van der Waals surface area contributed by atoms with Gasteiger partial charge in [0.2, 0.25) is 15.7 Å². The number of sulfone groups is 1. The van der Waals surface area contributed by atoms with Crippen LogP contribution in [0, 0.1) is 6.92 Å². The Kier molecular flexibility index (Phi) is 6.52. The summed E-state index contributed by atoms with van der Waals surface area (Å²) in [4.78, 5) is 27.6. The summed E-state index contributed by atoms with van der Waals surface area (Å²) in [6.07, 6.45) is 0. The second-order valence-corrected chi connectivity index (χ2v) is 8.77. The van der Waals surface area contributed by atoms with Gasteiger partial charge in [-0.2, -0.15) is 8.78 Å². The second-order valence-electron chi connectivity index (χ2n) is 6.86. The van der Waals surface area contributed by atoms with E-state index in [0.717, 1.165) is 12.1 Å². The van der Waals surface area contributed by atoms with E-state index in [4.69, 9.17) is 4.42 Å². The molecule has 8 nitrogen and oxygen atoms in total. The fourth-order valence-corrected chi connectivity index (χ4v) is 3.77. The number of hydrogen-bond donors (Lipinski definition) is 1. The van der Waals surface area contributed by atoms with Gasteiger partial charge in [-0.25, -0.2) is 8.42 Å². The van der Waals surface area contributed by atoms with Gasteiger partial charge in [-0.05, 0) is 43.3 Å². The lowest BCUT2D eigenvalue weighted by molar-refractivity contribution is -0.117. The van der Waals surface area contributed by atoms with Crippen LogP contribution in [0.1, 0.15) is 16.3 Å². The monoisotopic (exact) mass is 441 g/mol. The number of amides is 2. The van der Waals surface area contributed by atoms with Gasteiger partial charge in [0.25, 0.3) is 5.91 Å². The average molecular weight is 441 g/mol. The van der Waals surface area contributed by atoms with Gasteiger partial charge in [0.15, 0.2) is 5.76 Å². The van der Waals surface area contributed by atoms with E-state index in [0.29, 0.717) is 37.6 Å². The molecule has 0 bridgehead atoms. The molecule has 1 aliphatic rings. The summed E-state index contributed by atoms with van der Waals surface area (Å²) in [5.74, 6) is -3.07. The molecular weight excluding hydrogens is 420 g/mol. The molecule has 1 aromatic carbocycles. The number of anilines is 1. The maximum Gasteiger partial charge on any atom is 0.341 e. The molecule has 0 saturated carbocycles. The van der Waals surface area contributed by atoms with Crippen LogP contribution >= 0.6 is 0 Å². The van der Waals surface area contributed by atoms with Gasteiger partial charge in [-0.3, -0.25) is 14.5 Å². The first-order valence-corrected chi connectivity index (χ1v) is 10.7. The van der Waals surface area contributed by atoms with E-state index in [1.54, 1.807) is 24.0 Å². The zero-order chi connectivity index (χ0) is 21.9. The van der Waals surface area contributed by atoms with Crippen LogP contribution < -0.4 is 5.32 Å². The highest BCUT2D eigenvalue weighted by atomic mass is 32.2. The summed E-state index contributed by atoms with van der Waals surface area (Å²) < 4.78 is 53.3. The molecule has 2 aromatic rings. The smallest absolute Gasteiger partial charge is 0.341 e. The number of benzene rings is 1. The minimum atomic E-state index is -4.67. The molecule has 1 N–H and O–H groups in total. The molecule has 0 atom stereocenters. The molecule has 0 radical (unpaired) electrons. The molecule has 11 heteroatoms. The predicted octanol–water partition coefficient (Wildman–Crippen LogP) is 1.98. The van der Waals surface area contributed by atoms with E-state index in [9.17, 15) is 26.8 Å². The third-order valence-electron chi connectivity index (χ3n) is 4.68. The number of nitrogens with one attached hydrogen (secondary N) is 1. The van der Waals surface area contributed by atoms with Gasteiger partial charge in [-0.1, -0.05) is 0 Å². The molecule has 0 spiro atoms. The van der Waals surface area contributed by atoms with Crippen LogP contribution in [-0.2, 0) is 14.6 Å². The topological polar surface area (TPSA) is 99.9 Å². The predicted molar refractivity (Wildman–Crippen MR) is 104 cm³/mol. The lowest BCUT2D eigenvalue weighted by Gasteiger charge is -2.33. The van der Waals surface area contributed by atoms with Crippen molar-refractivity contribution >= 4 is 27.3 Å². The Morgan fingerprint density at radius 2 is 1.70 bits per heavy atom. The lowest BCUT2D eigenvalue weighted by atomic mass is 10.2. The minimum Gasteiger partial charge on any atom is -0.456 e. The van der Waals surface area contributed by atoms with Gasteiger partial charge in [0.05, 0.1) is 11.4 Å². The highest BCUT2D eigenvalue weighted by Gasteiger charge is 2.27. The van der Waals surface area contributed by atoms with Gasteiger partial charge < -0.3 is 14.6 Å². The summed E-state index contributed by atoms with van der Waals surface area (Å²) >= 11 is 0. The first-order valence-electron chi connectivity index (χ1n) is 9.17. The quantitative estimate of drug-likeness (QED) is 0.736. The second kappa shape index (κ2) is 8.92. The van der Waals surface area contributed by atoms with Crippen molar-refractivity contribution in [1.82, 2.24) is 9.80 Å². The van der Waals surface area contributed by atoms with Crippen molar-refractivity contribution < 1.29 is 31.2 Å². The van der Waals surface area contributed by atoms with Crippen molar-refractivity contribution in [3.63, 3.8) is 0 Å². The number of hydrogen-bond acceptors (Lipinski definition) is 6. The van der Waals surface area contributed by atoms with Gasteiger partial charge in [0.1, 0.15) is 5.76 Å². The normalized spacial score (nSPS) is 15.4. The third kappa shape index (κ3) is 5.03. The Bertz CT molecular complexity index is 1010. The number of halogens is 2. The number of furan rings is 1. The standard InChI is InChI=1S/C19H21F2N3O5S/c1-13-2-7-16(29-13)18(26)24-10-8-23(9-11-24)12-17(25)22-14-3-5-15(6-4-14)30(27,28)19(20)21/h2-7,19H,8-12H2,1H3,(H,22,25). The van der Waals surface area contributed by atoms with Crippen molar-refractivity contribution in [2.24, 2.45) is 0 Å². The molecule has 0 aliphatic carbocycles. The minimum absolute atomic E-state index is 0.0823. The van der Waals surface area contributed by atoms with Crippen molar-refractivity contribution in [2.45, 2.75) is 17.6 Å². The Morgan fingerprint density at radius 1 is 1.07 bits per heavy atom. The van der Waals surface area contributed by atoms with Gasteiger partial charge in [-0.15, -0.1) is 0 Å². The SMILES string of the molecule is Cc1ccc(C(=O)N2CCN(CC(=O)Nc3ccc(S(=O)(=O)C(F)F)cc3)CC2)o1. The molecule has 1 aliphatic heterocycles. The first kappa shape index (κ1) is 21.9. The maximum absolute atomic E-state index is 12.6. The Hall–Kier alpha value is -2.79. The number of carbonyl (C=O) groups is 2. The summed E-state index contributed by atoms with van der Waals surface area (Å²) in [6.45, 7) is 3.75. The lowest BCUT2D eigenvalue weighted by Crippen LogP contribution is -2.50. The van der Waals surface area contributed by atoms with Crippen molar-refractivity contribution in [2.75, 3.05) is 38.0 Å². The van der Waals surface area contributed by atoms with Crippen molar-refractivity contribution in [3.8, 4) is 0 Å². The molecule has 3 rings (SSSR count). The van der Waals surface area contributed by atoms with Crippen LogP contribution in [0.3, 0.4) is 0 Å². The zero-order valence-corrected chi connectivity index (χ0v) is 17.0. The first-order chi connectivity index (χ1) is 14.2. The van der Waals surface area contributed by atoms with E-state index >= 15 is 0 Å². The van der Waals surface area contributed by atoms with Crippen molar-refractivity contribution in [1.29, 1.82) is 0 Å². The largest absolute Gasteiger partial charge is 0.456 e. The van der Waals surface area contributed by atoms with Crippen LogP contribution in [-0.4, -0.2) is 68.5 Å². The molecule has 2 heterocycles. The number of alkyl halides is 2. The van der Waals surface area contributed by atoms with Gasteiger partial charge in [0, 0.05) is 31.9 Å². The van der Waals surface area contributed by atoms with E-state index in [2.05, 4.69) is 5.32 Å². The Labute approximate surface area is 172 Å². The number of nitrogens with zero attached hydrogens (tertiary/aromatic N) is 2. The summed E-state index contributed by atoms with van der Waals surface area (Å²) in [5, 5.41) is 2.60. The highest BCUT2D eigenvalue weighted by molar-refractivity contribution is 7.91. The summed E-state index contributed by atoms with van der Waals surface area (Å²) in [6, 6.07) is 7.93. The fraction of sp³-hybridized carbons (Fsp3) is 0.368. The average Bonchev–Trinajstić information content (AvgIpc) is 3.14. The Morgan fingerprint density at radius 3 is 2.23 bits per heavy atom. The van der Waals surface area contributed by atoms with E-state index in [1.165, 1.54) is 12.1 Å². The van der Waals surface area contributed by atoms with E-state index < -0.39 is 20.5 Å². The molecule has 2 amide bonds. The van der Waals surface area contributed by atoms with Crippen LogP contribution in [0.5, 0.6) is 0 Å². The highest BCUT2D eigenvalue weighted by Crippen LogP contribution is 2.20. The van der Waals surface area contributed by atoms with E-state index in [1.807, 2.05) is 4.90 Å². The van der Waals surface area contributed by atoms with Gasteiger partial charge >= 0.3 is 5.76 Å². The number of rotatable bonds is 6. The summed E-state index contributed by atoms with van der Waals surface area (Å²) in [5.41, 5.74) is 0.301. The third-order valence-corrected chi connectivity index (χ3v) is 6.08. The molecule has 1 saturated heterocycles.